The van der Waals surface area contributed by atoms with E-state index in [-0.39, 0.29) is 13.1 Å². The zero-order valence-corrected chi connectivity index (χ0v) is 10.0. The van der Waals surface area contributed by atoms with Gasteiger partial charge in [-0.05, 0) is 12.8 Å². The Kier molecular flexibility index (Phi) is 3.24. The van der Waals surface area contributed by atoms with Crippen molar-refractivity contribution in [3.63, 3.8) is 0 Å². The van der Waals surface area contributed by atoms with Gasteiger partial charge in [0.25, 0.3) is 11.1 Å². The van der Waals surface area contributed by atoms with E-state index < -0.39 is 28.4 Å². The van der Waals surface area contributed by atoms with Gasteiger partial charge in [-0.25, -0.2) is 4.68 Å². The smallest absolute Gasteiger partial charge is 0.311 e. The molecule has 0 aromatic carbocycles. The van der Waals surface area contributed by atoms with E-state index in [1.807, 2.05) is 0 Å². The van der Waals surface area contributed by atoms with Gasteiger partial charge in [0, 0.05) is 18.7 Å². The third-order valence-electron chi connectivity index (χ3n) is 3.12. The molecule has 0 saturated heterocycles. The van der Waals surface area contributed by atoms with Crippen molar-refractivity contribution in [1.82, 2.24) is 15.1 Å². The molecule has 0 radical (unpaired) electrons. The molecule has 1 aromatic heterocycles. The number of carbonyl (C=O) groups excluding carboxylic acids is 1. The number of carboxylic acid groups (broad SMARTS) is 1. The second-order valence-corrected chi connectivity index (χ2v) is 4.60. The van der Waals surface area contributed by atoms with Crippen molar-refractivity contribution in [2.75, 3.05) is 6.54 Å². The first-order chi connectivity index (χ1) is 8.93. The zero-order valence-electron chi connectivity index (χ0n) is 10.0. The molecule has 1 heterocycles. The molecule has 3 N–H and O–H groups in total. The number of carboxylic acids is 1. The highest BCUT2D eigenvalue weighted by atomic mass is 16.4. The van der Waals surface area contributed by atoms with E-state index >= 15 is 0 Å². The Balaban J connectivity index is 1.95. The van der Waals surface area contributed by atoms with Crippen molar-refractivity contribution >= 4 is 11.9 Å². The summed E-state index contributed by atoms with van der Waals surface area (Å²) in [7, 11) is 0. The first-order valence-electron chi connectivity index (χ1n) is 5.73. The molecule has 8 heteroatoms. The predicted octanol–water partition coefficient (Wildman–Crippen LogP) is -1.48. The molecular weight excluding hydrogens is 254 g/mol. The molecule has 102 valence electrons. The minimum atomic E-state index is -0.932. The monoisotopic (exact) mass is 267 g/mol. The summed E-state index contributed by atoms with van der Waals surface area (Å²) in [5.74, 6) is -1.45. The lowest BCUT2D eigenvalue weighted by Crippen LogP contribution is -2.39. The van der Waals surface area contributed by atoms with Gasteiger partial charge >= 0.3 is 5.97 Å². The number of aliphatic carboxylic acids is 1. The summed E-state index contributed by atoms with van der Waals surface area (Å²) in [6.45, 7) is -0.308. The van der Waals surface area contributed by atoms with Crippen LogP contribution >= 0.6 is 0 Å². The van der Waals surface area contributed by atoms with Crippen molar-refractivity contribution in [2.45, 2.75) is 19.4 Å². The van der Waals surface area contributed by atoms with Crippen LogP contribution in [0.25, 0.3) is 0 Å². The number of aromatic amines is 1. The normalized spacial score (nSPS) is 15.8. The van der Waals surface area contributed by atoms with E-state index in [2.05, 4.69) is 10.4 Å². The van der Waals surface area contributed by atoms with Gasteiger partial charge in [0.05, 0.1) is 5.41 Å². The fraction of sp³-hybridized carbons (Fsp3) is 0.455. The van der Waals surface area contributed by atoms with Crippen LogP contribution in [0.3, 0.4) is 0 Å². The van der Waals surface area contributed by atoms with E-state index in [4.69, 9.17) is 5.11 Å². The van der Waals surface area contributed by atoms with Crippen LogP contribution in [0, 0.1) is 5.41 Å². The summed E-state index contributed by atoms with van der Waals surface area (Å²) in [6, 6.07) is 2.13. The highest BCUT2D eigenvalue weighted by Crippen LogP contribution is 2.45. The molecular formula is C11H13N3O5. The third-order valence-corrected chi connectivity index (χ3v) is 3.12. The van der Waals surface area contributed by atoms with E-state index in [0.29, 0.717) is 12.8 Å². The van der Waals surface area contributed by atoms with Gasteiger partial charge in [-0.1, -0.05) is 0 Å². The Labute approximate surface area is 107 Å². The SMILES string of the molecule is O=C(Cn1[nH]c(=O)ccc1=O)NCC1(C(=O)O)CC1. The minimum absolute atomic E-state index is 0.0347. The Bertz CT molecular complexity index is 626. The Morgan fingerprint density at radius 3 is 2.63 bits per heavy atom. The van der Waals surface area contributed by atoms with Crippen molar-refractivity contribution in [3.05, 3.63) is 32.8 Å². The number of rotatable bonds is 5. The second-order valence-electron chi connectivity index (χ2n) is 4.60. The van der Waals surface area contributed by atoms with Gasteiger partial charge in [0.2, 0.25) is 5.91 Å². The first kappa shape index (κ1) is 13.1. The van der Waals surface area contributed by atoms with Crippen molar-refractivity contribution < 1.29 is 14.7 Å². The summed E-state index contributed by atoms with van der Waals surface area (Å²) >= 11 is 0. The van der Waals surface area contributed by atoms with Crippen LogP contribution in [-0.4, -0.2) is 33.3 Å². The fourth-order valence-electron chi connectivity index (χ4n) is 1.66. The standard InChI is InChI=1S/C11H13N3O5/c15-7-1-2-9(17)14(13-7)5-8(16)12-6-11(3-4-11)10(18)19/h1-2H,3-6H2,(H,12,16)(H,13,15)(H,18,19). The van der Waals surface area contributed by atoms with E-state index in [1.165, 1.54) is 0 Å². The Hall–Kier alpha value is -2.38. The topological polar surface area (TPSA) is 121 Å². The second kappa shape index (κ2) is 4.71. The average Bonchev–Trinajstić information content (AvgIpc) is 3.12. The van der Waals surface area contributed by atoms with Crippen LogP contribution in [0.15, 0.2) is 21.7 Å². The largest absolute Gasteiger partial charge is 0.481 e. The molecule has 19 heavy (non-hydrogen) atoms. The molecule has 8 nitrogen and oxygen atoms in total. The van der Waals surface area contributed by atoms with Gasteiger partial charge in [0.15, 0.2) is 0 Å². The summed E-state index contributed by atoms with van der Waals surface area (Å²) in [5.41, 5.74) is -1.85. The van der Waals surface area contributed by atoms with Crippen LogP contribution in [0.5, 0.6) is 0 Å². The van der Waals surface area contributed by atoms with Crippen LogP contribution in [-0.2, 0) is 16.1 Å². The quantitative estimate of drug-likeness (QED) is 0.600. The molecule has 1 aliphatic rings. The number of nitrogens with zero attached hydrogens (tertiary/aromatic N) is 1. The number of carbonyl (C=O) groups is 2. The van der Waals surface area contributed by atoms with Crippen LogP contribution in [0.4, 0.5) is 0 Å². The molecule has 0 bridgehead atoms. The maximum absolute atomic E-state index is 11.6. The fourth-order valence-corrected chi connectivity index (χ4v) is 1.66. The van der Waals surface area contributed by atoms with Crippen molar-refractivity contribution in [3.8, 4) is 0 Å². The number of hydrogen-bond donors (Lipinski definition) is 3. The first-order valence-corrected chi connectivity index (χ1v) is 5.73. The summed E-state index contributed by atoms with van der Waals surface area (Å²) < 4.78 is 0.873. The van der Waals surface area contributed by atoms with Gasteiger partial charge in [-0.3, -0.25) is 24.3 Å². The Morgan fingerprint density at radius 1 is 1.37 bits per heavy atom. The highest BCUT2D eigenvalue weighted by Gasteiger charge is 2.50. The molecule has 1 amide bonds. The summed E-state index contributed by atoms with van der Waals surface area (Å²) in [4.78, 5) is 44.8. The molecule has 1 saturated carbocycles. The summed E-state index contributed by atoms with van der Waals surface area (Å²) in [5, 5.41) is 13.6. The molecule has 0 aliphatic heterocycles. The maximum Gasteiger partial charge on any atom is 0.311 e. The van der Waals surface area contributed by atoms with Gasteiger partial charge < -0.3 is 10.4 Å². The number of amides is 1. The number of H-pyrrole nitrogens is 1. The van der Waals surface area contributed by atoms with Crippen LogP contribution in [0.2, 0.25) is 0 Å². The zero-order chi connectivity index (χ0) is 14.0. The lowest BCUT2D eigenvalue weighted by atomic mass is 10.1. The van der Waals surface area contributed by atoms with E-state index in [0.717, 1.165) is 16.8 Å². The lowest BCUT2D eigenvalue weighted by Gasteiger charge is -2.11. The van der Waals surface area contributed by atoms with Crippen molar-refractivity contribution in [1.29, 1.82) is 0 Å². The number of hydrogen-bond acceptors (Lipinski definition) is 4. The molecule has 2 rings (SSSR count). The molecule has 1 aliphatic carbocycles. The number of nitrogens with one attached hydrogen (secondary N) is 2. The minimum Gasteiger partial charge on any atom is -0.481 e. The van der Waals surface area contributed by atoms with Crippen LogP contribution in [0.1, 0.15) is 12.8 Å². The highest BCUT2D eigenvalue weighted by molar-refractivity contribution is 5.80. The molecule has 0 atom stereocenters. The van der Waals surface area contributed by atoms with Gasteiger partial charge in [-0.15, -0.1) is 0 Å². The third kappa shape index (κ3) is 2.90. The van der Waals surface area contributed by atoms with Gasteiger partial charge in [0.1, 0.15) is 6.54 Å². The average molecular weight is 267 g/mol. The molecule has 0 unspecified atom stereocenters. The molecule has 1 aromatic rings. The lowest BCUT2D eigenvalue weighted by molar-refractivity contribution is -0.143. The molecule has 1 fully saturated rings. The van der Waals surface area contributed by atoms with E-state index in [1.54, 1.807) is 0 Å². The number of aromatic nitrogens is 2. The van der Waals surface area contributed by atoms with Gasteiger partial charge in [-0.2, -0.15) is 0 Å². The van der Waals surface area contributed by atoms with E-state index in [9.17, 15) is 19.2 Å². The predicted molar refractivity (Wildman–Crippen MR) is 63.6 cm³/mol. The molecule has 0 spiro atoms. The summed E-state index contributed by atoms with van der Waals surface area (Å²) in [6.07, 6.45) is 1.06. The van der Waals surface area contributed by atoms with Crippen molar-refractivity contribution in [2.24, 2.45) is 5.41 Å². The van der Waals surface area contributed by atoms with Crippen LogP contribution < -0.4 is 16.4 Å². The maximum atomic E-state index is 11.6. The Morgan fingerprint density at radius 2 is 2.05 bits per heavy atom.